The number of hydrogen-bond donors (Lipinski definition) is 2. The summed E-state index contributed by atoms with van der Waals surface area (Å²) in [4.78, 5) is 15.7. The SMILES string of the molecule is NC1CCC(C(=O)Nc2ccc(Oc3ccc(C(F)(F)F)cn3)c(F)c2)C1. The smallest absolute Gasteiger partial charge is 0.417 e. The Morgan fingerprint density at radius 3 is 2.56 bits per heavy atom. The molecule has 2 atom stereocenters. The highest BCUT2D eigenvalue weighted by Gasteiger charge is 2.31. The normalized spacial score (nSPS) is 19.7. The standard InChI is InChI=1S/C18H17F4N3O2/c19-14-8-13(25-17(26)10-1-3-12(23)7-10)4-5-15(14)27-16-6-2-11(9-24-16)18(20,21)22/h2,4-6,8-10,12H,1,3,7,23H2,(H,25,26). The molecule has 9 heteroatoms. The number of benzene rings is 1. The number of nitrogens with zero attached hydrogens (tertiary/aromatic N) is 1. The van der Waals surface area contributed by atoms with Crippen molar-refractivity contribution >= 4 is 11.6 Å². The van der Waals surface area contributed by atoms with Gasteiger partial charge in [-0.25, -0.2) is 9.37 Å². The van der Waals surface area contributed by atoms with Crippen LogP contribution in [0, 0.1) is 11.7 Å². The van der Waals surface area contributed by atoms with Gasteiger partial charge in [0.1, 0.15) is 0 Å². The number of hydrogen-bond acceptors (Lipinski definition) is 4. The minimum absolute atomic E-state index is 0.00416. The number of nitrogens with two attached hydrogens (primary N) is 1. The zero-order chi connectivity index (χ0) is 19.6. The number of halogens is 4. The number of aromatic nitrogens is 1. The van der Waals surface area contributed by atoms with Crippen LogP contribution >= 0.6 is 0 Å². The number of pyridine rings is 1. The lowest BCUT2D eigenvalue weighted by Gasteiger charge is -2.12. The summed E-state index contributed by atoms with van der Waals surface area (Å²) >= 11 is 0. The summed E-state index contributed by atoms with van der Waals surface area (Å²) in [5.74, 6) is -1.60. The van der Waals surface area contributed by atoms with Crippen LogP contribution in [0.3, 0.4) is 0 Å². The van der Waals surface area contributed by atoms with Gasteiger partial charge in [0.2, 0.25) is 11.8 Å². The van der Waals surface area contributed by atoms with Crippen LogP contribution in [0.25, 0.3) is 0 Å². The van der Waals surface area contributed by atoms with Crippen molar-refractivity contribution in [3.8, 4) is 11.6 Å². The van der Waals surface area contributed by atoms with E-state index < -0.39 is 17.6 Å². The topological polar surface area (TPSA) is 77.2 Å². The first kappa shape index (κ1) is 19.1. The van der Waals surface area contributed by atoms with Gasteiger partial charge in [-0.2, -0.15) is 13.2 Å². The maximum atomic E-state index is 14.2. The predicted molar refractivity (Wildman–Crippen MR) is 89.7 cm³/mol. The second-order valence-electron chi connectivity index (χ2n) is 6.39. The zero-order valence-corrected chi connectivity index (χ0v) is 14.1. The van der Waals surface area contributed by atoms with Crippen LogP contribution in [0.2, 0.25) is 0 Å². The number of carbonyl (C=O) groups is 1. The second-order valence-corrected chi connectivity index (χ2v) is 6.39. The molecule has 1 aliphatic rings. The Labute approximate surface area is 152 Å². The van der Waals surface area contributed by atoms with Gasteiger partial charge in [-0.05, 0) is 37.5 Å². The Morgan fingerprint density at radius 2 is 2.00 bits per heavy atom. The van der Waals surface area contributed by atoms with E-state index in [1.165, 1.54) is 12.1 Å². The van der Waals surface area contributed by atoms with Gasteiger partial charge >= 0.3 is 6.18 Å². The summed E-state index contributed by atoms with van der Waals surface area (Å²) in [5, 5.41) is 2.63. The summed E-state index contributed by atoms with van der Waals surface area (Å²) in [6.07, 6.45) is -1.85. The van der Waals surface area contributed by atoms with E-state index >= 15 is 0 Å². The summed E-state index contributed by atoms with van der Waals surface area (Å²) in [5.41, 5.74) is 5.11. The van der Waals surface area contributed by atoms with Gasteiger partial charge in [0.05, 0.1) is 5.56 Å². The lowest BCUT2D eigenvalue weighted by Crippen LogP contribution is -2.23. The van der Waals surface area contributed by atoms with E-state index in [2.05, 4.69) is 10.3 Å². The van der Waals surface area contributed by atoms with Crippen molar-refractivity contribution in [1.82, 2.24) is 4.98 Å². The molecule has 0 aliphatic heterocycles. The third kappa shape index (κ3) is 4.73. The van der Waals surface area contributed by atoms with Gasteiger partial charge in [-0.15, -0.1) is 0 Å². The fraction of sp³-hybridized carbons (Fsp3) is 0.333. The minimum atomic E-state index is -4.51. The maximum Gasteiger partial charge on any atom is 0.417 e. The van der Waals surface area contributed by atoms with E-state index in [4.69, 9.17) is 10.5 Å². The highest BCUT2D eigenvalue weighted by atomic mass is 19.4. The highest BCUT2D eigenvalue weighted by molar-refractivity contribution is 5.92. The van der Waals surface area contributed by atoms with Gasteiger partial charge in [0.25, 0.3) is 0 Å². The van der Waals surface area contributed by atoms with Crippen molar-refractivity contribution in [2.45, 2.75) is 31.5 Å². The van der Waals surface area contributed by atoms with Gasteiger partial charge in [-0.3, -0.25) is 4.79 Å². The largest absolute Gasteiger partial charge is 0.436 e. The molecule has 1 amide bonds. The molecule has 1 fully saturated rings. The summed E-state index contributed by atoms with van der Waals surface area (Å²) < 4.78 is 56.9. The summed E-state index contributed by atoms with van der Waals surface area (Å²) in [6, 6.07) is 5.58. The van der Waals surface area contributed by atoms with Crippen LogP contribution in [0.5, 0.6) is 11.6 Å². The molecule has 2 aromatic rings. The van der Waals surface area contributed by atoms with Crippen molar-refractivity contribution < 1.29 is 27.1 Å². The number of amides is 1. The molecule has 2 unspecified atom stereocenters. The quantitative estimate of drug-likeness (QED) is 0.780. The molecule has 1 aromatic heterocycles. The van der Waals surface area contributed by atoms with E-state index in [-0.39, 0.29) is 35.2 Å². The van der Waals surface area contributed by atoms with Gasteiger partial charge < -0.3 is 15.8 Å². The Bertz CT molecular complexity index is 824. The Hall–Kier alpha value is -2.68. The maximum absolute atomic E-state index is 14.2. The second kappa shape index (κ2) is 7.51. The molecular formula is C18H17F4N3O2. The molecule has 0 bridgehead atoms. The van der Waals surface area contributed by atoms with Crippen molar-refractivity contribution in [3.63, 3.8) is 0 Å². The summed E-state index contributed by atoms with van der Waals surface area (Å²) in [7, 11) is 0. The molecule has 0 radical (unpaired) electrons. The first-order valence-corrected chi connectivity index (χ1v) is 8.29. The number of carbonyl (C=O) groups excluding carboxylic acids is 1. The molecular weight excluding hydrogens is 366 g/mol. The molecule has 1 aliphatic carbocycles. The predicted octanol–water partition coefficient (Wildman–Crippen LogP) is 4.10. The van der Waals surface area contributed by atoms with E-state index in [9.17, 15) is 22.4 Å². The lowest BCUT2D eigenvalue weighted by molar-refractivity contribution is -0.137. The fourth-order valence-electron chi connectivity index (χ4n) is 2.88. The van der Waals surface area contributed by atoms with Crippen LogP contribution in [-0.2, 0) is 11.0 Å². The van der Waals surface area contributed by atoms with E-state index in [1.807, 2.05) is 0 Å². The molecule has 0 spiro atoms. The molecule has 1 saturated carbocycles. The first-order chi connectivity index (χ1) is 12.7. The number of ether oxygens (including phenoxy) is 1. The lowest BCUT2D eigenvalue weighted by atomic mass is 10.1. The first-order valence-electron chi connectivity index (χ1n) is 8.29. The number of anilines is 1. The Balaban J connectivity index is 1.65. The van der Waals surface area contributed by atoms with Crippen molar-refractivity contribution in [2.24, 2.45) is 11.7 Å². The fourth-order valence-corrected chi connectivity index (χ4v) is 2.88. The third-order valence-electron chi connectivity index (χ3n) is 4.32. The van der Waals surface area contributed by atoms with E-state index in [0.717, 1.165) is 24.6 Å². The summed E-state index contributed by atoms with van der Waals surface area (Å²) in [6.45, 7) is 0. The average Bonchev–Trinajstić information content (AvgIpc) is 3.04. The third-order valence-corrected chi connectivity index (χ3v) is 4.32. The Kier molecular flexibility index (Phi) is 5.31. The molecule has 3 N–H and O–H groups in total. The number of rotatable bonds is 4. The molecule has 27 heavy (non-hydrogen) atoms. The van der Waals surface area contributed by atoms with Crippen molar-refractivity contribution in [3.05, 3.63) is 47.9 Å². The van der Waals surface area contributed by atoms with Crippen molar-refractivity contribution in [2.75, 3.05) is 5.32 Å². The number of alkyl halides is 3. The van der Waals surface area contributed by atoms with Gasteiger partial charge in [0, 0.05) is 36.0 Å². The van der Waals surface area contributed by atoms with Crippen LogP contribution in [0.15, 0.2) is 36.5 Å². The van der Waals surface area contributed by atoms with Crippen molar-refractivity contribution in [1.29, 1.82) is 0 Å². The van der Waals surface area contributed by atoms with Gasteiger partial charge in [-0.1, -0.05) is 0 Å². The monoisotopic (exact) mass is 383 g/mol. The van der Waals surface area contributed by atoms with Crippen LogP contribution in [0.1, 0.15) is 24.8 Å². The molecule has 1 aromatic carbocycles. The number of nitrogens with one attached hydrogen (secondary N) is 1. The molecule has 144 valence electrons. The van der Waals surface area contributed by atoms with Gasteiger partial charge in [0.15, 0.2) is 11.6 Å². The zero-order valence-electron chi connectivity index (χ0n) is 14.1. The Morgan fingerprint density at radius 1 is 1.22 bits per heavy atom. The molecule has 5 nitrogen and oxygen atoms in total. The van der Waals surface area contributed by atoms with Crippen LogP contribution < -0.4 is 15.8 Å². The van der Waals surface area contributed by atoms with Crippen LogP contribution in [0.4, 0.5) is 23.2 Å². The molecule has 3 rings (SSSR count). The molecule has 1 heterocycles. The van der Waals surface area contributed by atoms with E-state index in [1.54, 1.807) is 0 Å². The van der Waals surface area contributed by atoms with E-state index in [0.29, 0.717) is 19.0 Å². The highest BCUT2D eigenvalue weighted by Crippen LogP contribution is 2.31. The minimum Gasteiger partial charge on any atom is -0.436 e. The van der Waals surface area contributed by atoms with Crippen LogP contribution in [-0.4, -0.2) is 16.9 Å². The molecule has 0 saturated heterocycles. The average molecular weight is 383 g/mol.